The molecule has 0 radical (unpaired) electrons. The zero-order chi connectivity index (χ0) is 9.30. The number of carbonyl (C=O) groups is 1. The van der Waals surface area contributed by atoms with Crippen molar-refractivity contribution in [2.45, 2.75) is 6.54 Å². The zero-order valence-electron chi connectivity index (χ0n) is 5.59. The minimum Gasteiger partial charge on any atom is -0.480 e. The molecule has 0 aliphatic heterocycles. The second-order valence-corrected chi connectivity index (χ2v) is 4.24. The second kappa shape index (κ2) is 3.89. The van der Waals surface area contributed by atoms with Gasteiger partial charge in [-0.3, -0.25) is 4.79 Å². The molecule has 0 unspecified atom stereocenters. The summed E-state index contributed by atoms with van der Waals surface area (Å²) in [6, 6.07) is 0. The Hall–Kier alpha value is 0.120. The second-order valence-electron chi connectivity index (χ2n) is 1.95. The molecule has 0 amide bonds. The number of hydrogen-bond donors (Lipinski definition) is 1. The molecule has 1 N–H and O–H groups in total. The van der Waals surface area contributed by atoms with E-state index in [2.05, 4.69) is 52.9 Å². The topological polar surface area (TPSA) is 55.1 Å². The van der Waals surface area contributed by atoms with Crippen LogP contribution in [0.3, 0.4) is 0 Å². The quantitative estimate of drug-likeness (QED) is 0.878. The van der Waals surface area contributed by atoms with Gasteiger partial charge in [0, 0.05) is 0 Å². The summed E-state index contributed by atoms with van der Waals surface area (Å²) in [6.45, 7) is -0.162. The molecular formula is C5H3Br3N2O2. The maximum Gasteiger partial charge on any atom is 0.325 e. The summed E-state index contributed by atoms with van der Waals surface area (Å²) in [6.07, 6.45) is 0. The summed E-state index contributed by atoms with van der Waals surface area (Å²) in [5.74, 6) is -0.932. The van der Waals surface area contributed by atoms with E-state index >= 15 is 0 Å². The Labute approximate surface area is 93.3 Å². The van der Waals surface area contributed by atoms with Gasteiger partial charge in [-0.1, -0.05) is 0 Å². The number of carboxylic acid groups (broad SMARTS) is 1. The molecule has 0 saturated carbocycles. The van der Waals surface area contributed by atoms with Crippen LogP contribution in [0.15, 0.2) is 13.7 Å². The van der Waals surface area contributed by atoms with Crippen molar-refractivity contribution in [2.75, 3.05) is 0 Å². The van der Waals surface area contributed by atoms with Crippen molar-refractivity contribution < 1.29 is 9.90 Å². The monoisotopic (exact) mass is 360 g/mol. The van der Waals surface area contributed by atoms with E-state index in [-0.39, 0.29) is 6.54 Å². The minimum absolute atomic E-state index is 0.162. The number of hydrogen-bond acceptors (Lipinski definition) is 2. The largest absolute Gasteiger partial charge is 0.480 e. The van der Waals surface area contributed by atoms with Gasteiger partial charge in [-0.15, -0.1) is 0 Å². The van der Waals surface area contributed by atoms with Gasteiger partial charge in [-0.25, -0.2) is 4.68 Å². The van der Waals surface area contributed by atoms with E-state index in [1.807, 2.05) is 0 Å². The number of halogens is 3. The molecule has 7 heteroatoms. The van der Waals surface area contributed by atoms with Crippen LogP contribution in [0.1, 0.15) is 0 Å². The summed E-state index contributed by atoms with van der Waals surface area (Å²) in [7, 11) is 0. The fourth-order valence-corrected chi connectivity index (χ4v) is 1.95. The van der Waals surface area contributed by atoms with E-state index in [4.69, 9.17) is 5.11 Å². The Bertz CT molecular complexity index is 323. The van der Waals surface area contributed by atoms with Crippen molar-refractivity contribution in [3.8, 4) is 0 Å². The van der Waals surface area contributed by atoms with Gasteiger partial charge in [0.15, 0.2) is 0 Å². The van der Waals surface area contributed by atoms with Crippen LogP contribution in [0.4, 0.5) is 0 Å². The van der Waals surface area contributed by atoms with Crippen LogP contribution in [0.5, 0.6) is 0 Å². The zero-order valence-corrected chi connectivity index (χ0v) is 10.3. The fourth-order valence-electron chi connectivity index (χ4n) is 0.625. The SMILES string of the molecule is O=C(O)Cn1nc(Br)c(Br)c1Br. The van der Waals surface area contributed by atoms with Crippen molar-refractivity contribution in [1.29, 1.82) is 0 Å². The Morgan fingerprint density at radius 2 is 2.08 bits per heavy atom. The molecule has 0 bridgehead atoms. The lowest BCUT2D eigenvalue weighted by Crippen LogP contribution is -2.10. The maximum atomic E-state index is 10.3. The van der Waals surface area contributed by atoms with Crippen LogP contribution >= 0.6 is 47.8 Å². The average Bonchev–Trinajstić information content (AvgIpc) is 2.17. The molecule has 0 fully saturated rings. The highest BCUT2D eigenvalue weighted by molar-refractivity contribution is 9.14. The number of carboxylic acids is 1. The van der Waals surface area contributed by atoms with E-state index in [1.165, 1.54) is 4.68 Å². The van der Waals surface area contributed by atoms with Gasteiger partial charge in [0.25, 0.3) is 0 Å². The molecule has 66 valence electrons. The van der Waals surface area contributed by atoms with E-state index in [9.17, 15) is 4.79 Å². The highest BCUT2D eigenvalue weighted by atomic mass is 79.9. The lowest BCUT2D eigenvalue weighted by Gasteiger charge is -1.96. The predicted molar refractivity (Wildman–Crippen MR) is 53.0 cm³/mol. The van der Waals surface area contributed by atoms with E-state index in [0.717, 1.165) is 0 Å². The molecule has 1 aromatic rings. The van der Waals surface area contributed by atoms with Crippen LogP contribution in [0.2, 0.25) is 0 Å². The Morgan fingerprint density at radius 3 is 2.42 bits per heavy atom. The molecule has 0 aromatic carbocycles. The molecule has 4 nitrogen and oxygen atoms in total. The van der Waals surface area contributed by atoms with Gasteiger partial charge in [0.1, 0.15) is 15.8 Å². The van der Waals surface area contributed by atoms with Crippen LogP contribution in [-0.2, 0) is 11.3 Å². The fraction of sp³-hybridized carbons (Fsp3) is 0.200. The van der Waals surface area contributed by atoms with Crippen molar-refractivity contribution >= 4 is 53.8 Å². The molecule has 0 saturated heterocycles. The normalized spacial score (nSPS) is 10.2. The van der Waals surface area contributed by atoms with Gasteiger partial charge in [-0.2, -0.15) is 5.10 Å². The highest BCUT2D eigenvalue weighted by Crippen LogP contribution is 2.29. The number of nitrogens with zero attached hydrogens (tertiary/aromatic N) is 2. The summed E-state index contributed by atoms with van der Waals surface area (Å²) in [5.41, 5.74) is 0. The maximum absolute atomic E-state index is 10.3. The summed E-state index contributed by atoms with van der Waals surface area (Å²) >= 11 is 9.56. The molecule has 0 aliphatic rings. The van der Waals surface area contributed by atoms with Crippen molar-refractivity contribution in [3.63, 3.8) is 0 Å². The lowest BCUT2D eigenvalue weighted by atomic mass is 10.6. The molecule has 0 spiro atoms. The van der Waals surface area contributed by atoms with Crippen LogP contribution in [0.25, 0.3) is 0 Å². The first-order valence-corrected chi connectivity index (χ1v) is 5.19. The summed E-state index contributed by atoms with van der Waals surface area (Å²) in [4.78, 5) is 10.3. The average molecular weight is 363 g/mol. The Balaban J connectivity index is 3.01. The minimum atomic E-state index is -0.932. The van der Waals surface area contributed by atoms with E-state index in [1.54, 1.807) is 0 Å². The predicted octanol–water partition coefficient (Wildman–Crippen LogP) is 2.26. The van der Waals surface area contributed by atoms with Crippen LogP contribution in [-0.4, -0.2) is 20.9 Å². The van der Waals surface area contributed by atoms with Gasteiger partial charge < -0.3 is 5.11 Å². The molecular weight excluding hydrogens is 360 g/mol. The van der Waals surface area contributed by atoms with Gasteiger partial charge in [0.05, 0.1) is 4.47 Å². The van der Waals surface area contributed by atoms with E-state index in [0.29, 0.717) is 13.7 Å². The van der Waals surface area contributed by atoms with Crippen molar-refractivity contribution in [3.05, 3.63) is 13.7 Å². The summed E-state index contributed by atoms with van der Waals surface area (Å²) < 4.78 is 3.23. The number of rotatable bonds is 2. The van der Waals surface area contributed by atoms with Gasteiger partial charge >= 0.3 is 5.97 Å². The molecule has 1 heterocycles. The molecule has 1 rings (SSSR count). The van der Waals surface area contributed by atoms with Crippen LogP contribution < -0.4 is 0 Å². The standard InChI is InChI=1S/C5H3Br3N2O2/c6-3-4(7)9-10(5(3)8)1-2(11)12/h1H2,(H,11,12). The van der Waals surface area contributed by atoms with Crippen LogP contribution in [0, 0.1) is 0 Å². The molecule has 12 heavy (non-hydrogen) atoms. The molecule has 1 aromatic heterocycles. The smallest absolute Gasteiger partial charge is 0.325 e. The third-order valence-electron chi connectivity index (χ3n) is 1.08. The van der Waals surface area contributed by atoms with Crippen molar-refractivity contribution in [1.82, 2.24) is 9.78 Å². The third kappa shape index (κ3) is 2.08. The van der Waals surface area contributed by atoms with Gasteiger partial charge in [0.2, 0.25) is 0 Å². The van der Waals surface area contributed by atoms with E-state index < -0.39 is 5.97 Å². The number of aromatic nitrogens is 2. The Morgan fingerprint density at radius 1 is 1.50 bits per heavy atom. The molecule has 0 atom stereocenters. The first-order valence-electron chi connectivity index (χ1n) is 2.81. The summed E-state index contributed by atoms with van der Waals surface area (Å²) in [5, 5.41) is 12.4. The Kier molecular flexibility index (Phi) is 3.30. The third-order valence-corrected chi connectivity index (χ3v) is 4.26. The molecule has 0 aliphatic carbocycles. The van der Waals surface area contributed by atoms with Crippen molar-refractivity contribution in [2.24, 2.45) is 0 Å². The lowest BCUT2D eigenvalue weighted by molar-refractivity contribution is -0.137. The first kappa shape index (κ1) is 10.2. The van der Waals surface area contributed by atoms with Gasteiger partial charge in [-0.05, 0) is 47.8 Å². The first-order chi connectivity index (χ1) is 5.52. The highest BCUT2D eigenvalue weighted by Gasteiger charge is 2.12. The number of aliphatic carboxylic acids is 1.